The molecule has 0 radical (unpaired) electrons. The average molecular weight is 467 g/mol. The minimum atomic E-state index is -0.351. The first-order valence-corrected chi connectivity index (χ1v) is 12.9. The van der Waals surface area contributed by atoms with Crippen molar-refractivity contribution in [1.82, 2.24) is 14.9 Å². The summed E-state index contributed by atoms with van der Waals surface area (Å²) >= 11 is 0. The number of likely N-dealkylation sites (tertiary alicyclic amines) is 1. The Labute approximate surface area is 201 Å². The van der Waals surface area contributed by atoms with Crippen LogP contribution in [-0.2, 0) is 17.6 Å². The Kier molecular flexibility index (Phi) is 6.97. The van der Waals surface area contributed by atoms with Gasteiger partial charge in [-0.25, -0.2) is 14.4 Å². The molecule has 3 aliphatic rings. The van der Waals surface area contributed by atoms with Gasteiger partial charge in [0.25, 0.3) is 0 Å². The Morgan fingerprint density at radius 3 is 2.56 bits per heavy atom. The number of amides is 1. The molecule has 1 saturated carbocycles. The van der Waals surface area contributed by atoms with E-state index in [9.17, 15) is 9.18 Å². The van der Waals surface area contributed by atoms with Crippen LogP contribution in [-0.4, -0.2) is 53.6 Å². The first-order valence-electron chi connectivity index (χ1n) is 12.9. The highest BCUT2D eigenvalue weighted by Gasteiger charge is 2.43. The summed E-state index contributed by atoms with van der Waals surface area (Å²) in [5, 5.41) is 0. The molecule has 2 aliphatic heterocycles. The molecule has 3 fully saturated rings. The summed E-state index contributed by atoms with van der Waals surface area (Å²) in [5.74, 6) is 3.35. The van der Waals surface area contributed by atoms with Gasteiger partial charge in [-0.15, -0.1) is 0 Å². The number of ether oxygens (including phenoxy) is 1. The van der Waals surface area contributed by atoms with Crippen LogP contribution in [0.3, 0.4) is 0 Å². The third-order valence-corrected chi connectivity index (χ3v) is 7.84. The van der Waals surface area contributed by atoms with Crippen molar-refractivity contribution in [1.29, 1.82) is 0 Å². The molecule has 1 amide bonds. The first kappa shape index (κ1) is 23.1. The molecule has 3 heterocycles. The number of hydrogen-bond donors (Lipinski definition) is 0. The maximum absolute atomic E-state index is 14.4. The van der Waals surface area contributed by atoms with Crippen molar-refractivity contribution < 1.29 is 13.9 Å². The number of rotatable bonds is 9. The molecule has 182 valence electrons. The highest BCUT2D eigenvalue weighted by Crippen LogP contribution is 2.49. The molecule has 5 rings (SSSR count). The maximum atomic E-state index is 14.4. The Morgan fingerprint density at radius 1 is 1.15 bits per heavy atom. The number of aryl methyl sites for hydroxylation is 1. The third kappa shape index (κ3) is 5.34. The topological polar surface area (TPSA) is 58.6 Å². The van der Waals surface area contributed by atoms with Crippen LogP contribution in [0, 0.1) is 23.6 Å². The predicted octanol–water partition coefficient (Wildman–Crippen LogP) is 4.27. The summed E-state index contributed by atoms with van der Waals surface area (Å²) in [6, 6.07) is 4.90. The zero-order chi connectivity index (χ0) is 23.5. The van der Waals surface area contributed by atoms with Gasteiger partial charge in [0.2, 0.25) is 11.9 Å². The lowest BCUT2D eigenvalue weighted by atomic mass is 9.90. The van der Waals surface area contributed by atoms with Crippen LogP contribution < -0.4 is 9.64 Å². The summed E-state index contributed by atoms with van der Waals surface area (Å²) in [4.78, 5) is 25.2. The normalized spacial score (nSPS) is 22.4. The molecule has 1 aromatic carbocycles. The molecule has 34 heavy (non-hydrogen) atoms. The van der Waals surface area contributed by atoms with Crippen LogP contribution in [0.4, 0.5) is 10.3 Å². The summed E-state index contributed by atoms with van der Waals surface area (Å²) in [5.41, 5.74) is 1.63. The van der Waals surface area contributed by atoms with Crippen molar-refractivity contribution in [3.05, 3.63) is 47.5 Å². The molecular formula is C27H35FN4O2. The van der Waals surface area contributed by atoms with Crippen molar-refractivity contribution >= 4 is 11.9 Å². The Balaban J connectivity index is 1.02. The predicted molar refractivity (Wildman–Crippen MR) is 129 cm³/mol. The lowest BCUT2D eigenvalue weighted by Crippen LogP contribution is -2.42. The molecule has 0 spiro atoms. The van der Waals surface area contributed by atoms with Crippen molar-refractivity contribution in [2.45, 2.75) is 51.9 Å². The summed E-state index contributed by atoms with van der Waals surface area (Å²) < 4.78 is 20.3. The SMILES string of the molecule is CCc1cnc(N2CCC([C@@H]3C[C@H]3CCOc3ccc(CC(=O)N4CCC4)c(F)c3)CC2)nc1. The van der Waals surface area contributed by atoms with E-state index >= 15 is 0 Å². The van der Waals surface area contributed by atoms with Crippen LogP contribution >= 0.6 is 0 Å². The van der Waals surface area contributed by atoms with Crippen molar-refractivity contribution in [3.8, 4) is 5.75 Å². The molecule has 1 aliphatic carbocycles. The van der Waals surface area contributed by atoms with Crippen LogP contribution in [0.5, 0.6) is 5.75 Å². The van der Waals surface area contributed by atoms with E-state index < -0.39 is 0 Å². The molecule has 6 nitrogen and oxygen atoms in total. The van der Waals surface area contributed by atoms with Crippen molar-refractivity contribution in [2.24, 2.45) is 17.8 Å². The fraction of sp³-hybridized carbons (Fsp3) is 0.593. The van der Waals surface area contributed by atoms with E-state index in [1.54, 1.807) is 17.0 Å². The van der Waals surface area contributed by atoms with Gasteiger partial charge in [-0.2, -0.15) is 0 Å². The maximum Gasteiger partial charge on any atom is 0.227 e. The summed E-state index contributed by atoms with van der Waals surface area (Å²) in [6.45, 7) is 6.38. The van der Waals surface area contributed by atoms with E-state index in [4.69, 9.17) is 4.74 Å². The smallest absolute Gasteiger partial charge is 0.227 e. The Morgan fingerprint density at radius 2 is 1.91 bits per heavy atom. The second-order valence-electron chi connectivity index (χ2n) is 10.0. The van der Waals surface area contributed by atoms with Gasteiger partial charge >= 0.3 is 0 Å². The second kappa shape index (κ2) is 10.3. The Hall–Kier alpha value is -2.70. The average Bonchev–Trinajstić information content (AvgIpc) is 3.59. The van der Waals surface area contributed by atoms with Gasteiger partial charge in [-0.3, -0.25) is 4.79 Å². The molecule has 2 saturated heterocycles. The van der Waals surface area contributed by atoms with Gasteiger partial charge in [-0.1, -0.05) is 13.0 Å². The van der Waals surface area contributed by atoms with Crippen LogP contribution in [0.25, 0.3) is 0 Å². The monoisotopic (exact) mass is 466 g/mol. The zero-order valence-corrected chi connectivity index (χ0v) is 20.1. The molecule has 7 heteroatoms. The number of hydrogen-bond acceptors (Lipinski definition) is 5. The Bertz CT molecular complexity index is 987. The first-order chi connectivity index (χ1) is 16.6. The number of aromatic nitrogens is 2. The number of carbonyl (C=O) groups excluding carboxylic acids is 1. The third-order valence-electron chi connectivity index (χ3n) is 7.84. The van der Waals surface area contributed by atoms with Gasteiger partial charge in [0, 0.05) is 44.6 Å². The number of halogens is 1. The van der Waals surface area contributed by atoms with Gasteiger partial charge in [0.15, 0.2) is 0 Å². The van der Waals surface area contributed by atoms with Crippen LogP contribution in [0.1, 0.15) is 50.2 Å². The summed E-state index contributed by atoms with van der Waals surface area (Å²) in [6.07, 6.45) is 10.7. The van der Waals surface area contributed by atoms with E-state index in [1.165, 1.54) is 30.9 Å². The number of carbonyl (C=O) groups is 1. The van der Waals surface area contributed by atoms with Crippen LogP contribution in [0.2, 0.25) is 0 Å². The molecular weight excluding hydrogens is 431 g/mol. The molecule has 0 bridgehead atoms. The van der Waals surface area contributed by atoms with Crippen molar-refractivity contribution in [2.75, 3.05) is 37.7 Å². The van der Waals surface area contributed by atoms with E-state index in [1.807, 2.05) is 12.4 Å². The zero-order valence-electron chi connectivity index (χ0n) is 20.1. The van der Waals surface area contributed by atoms with E-state index in [-0.39, 0.29) is 18.1 Å². The molecule has 2 aromatic rings. The minimum absolute atomic E-state index is 0.00588. The highest BCUT2D eigenvalue weighted by atomic mass is 19.1. The molecule has 1 aromatic heterocycles. The minimum Gasteiger partial charge on any atom is -0.493 e. The molecule has 0 N–H and O–H groups in total. The summed E-state index contributed by atoms with van der Waals surface area (Å²) in [7, 11) is 0. The van der Waals surface area contributed by atoms with Crippen LogP contribution in [0.15, 0.2) is 30.6 Å². The standard InChI is InChI=1S/C27H35FN4O2/c1-2-19-17-29-27(30-18-19)32-11-6-20(7-12-32)24-14-21(24)8-13-34-23-5-4-22(25(28)16-23)15-26(33)31-9-3-10-31/h4-5,16-18,20-21,24H,2-3,6-15H2,1H3/t21-,24+/m1/s1. The van der Waals surface area contributed by atoms with E-state index in [0.29, 0.717) is 17.9 Å². The highest BCUT2D eigenvalue weighted by molar-refractivity contribution is 5.79. The van der Waals surface area contributed by atoms with Gasteiger partial charge in [-0.05, 0) is 73.5 Å². The van der Waals surface area contributed by atoms with Gasteiger partial charge in [0.05, 0.1) is 13.0 Å². The fourth-order valence-electron chi connectivity index (χ4n) is 5.33. The second-order valence-corrected chi connectivity index (χ2v) is 10.0. The molecule has 0 unspecified atom stereocenters. The number of nitrogens with zero attached hydrogens (tertiary/aromatic N) is 4. The number of piperidine rings is 1. The fourth-order valence-corrected chi connectivity index (χ4v) is 5.33. The van der Waals surface area contributed by atoms with E-state index in [0.717, 1.165) is 69.1 Å². The molecule has 2 atom stereocenters. The van der Waals surface area contributed by atoms with E-state index in [2.05, 4.69) is 21.8 Å². The lowest BCUT2D eigenvalue weighted by Gasteiger charge is -2.32. The quantitative estimate of drug-likeness (QED) is 0.552. The van der Waals surface area contributed by atoms with Gasteiger partial charge < -0.3 is 14.5 Å². The number of anilines is 1. The van der Waals surface area contributed by atoms with Crippen molar-refractivity contribution in [3.63, 3.8) is 0 Å². The lowest BCUT2D eigenvalue weighted by molar-refractivity contribution is -0.133. The largest absolute Gasteiger partial charge is 0.493 e. The van der Waals surface area contributed by atoms with Gasteiger partial charge in [0.1, 0.15) is 11.6 Å². The number of benzene rings is 1.